The summed E-state index contributed by atoms with van der Waals surface area (Å²) in [6.45, 7) is 6.74. The van der Waals surface area contributed by atoms with Crippen LogP contribution in [0.15, 0.2) is 154 Å². The van der Waals surface area contributed by atoms with E-state index >= 15 is 0 Å². The molecule has 0 aliphatic carbocycles. The molecule has 0 radical (unpaired) electrons. The number of aromatic nitrogens is 1. The van der Waals surface area contributed by atoms with Crippen LogP contribution in [-0.2, 0) is 5.41 Å². The molecule has 2 aliphatic heterocycles. The Morgan fingerprint density at radius 1 is 0.509 bits per heavy atom. The van der Waals surface area contributed by atoms with Crippen molar-refractivity contribution in [3.05, 3.63) is 151 Å². The Bertz CT molecular complexity index is 3490. The fraction of sp³-hybridized carbons (Fsp3) is 0.0800. The highest BCUT2D eigenvalue weighted by molar-refractivity contribution is 6.94. The van der Waals surface area contributed by atoms with E-state index in [0.29, 0.717) is 0 Å². The molecule has 3 aromatic heterocycles. The van der Waals surface area contributed by atoms with Crippen LogP contribution in [0.1, 0.15) is 26.3 Å². The van der Waals surface area contributed by atoms with Crippen molar-refractivity contribution in [2.24, 2.45) is 0 Å². The van der Waals surface area contributed by atoms with Crippen molar-refractivity contribution in [2.75, 3.05) is 4.81 Å². The fourth-order valence-electron chi connectivity index (χ4n) is 10.0. The number of hydrogen-bond donors (Lipinski definition) is 0. The average molecular weight is 705 g/mol. The van der Waals surface area contributed by atoms with Gasteiger partial charge in [-0.15, -0.1) is 0 Å². The van der Waals surface area contributed by atoms with Gasteiger partial charge in [0.25, 0.3) is 0 Å². The van der Waals surface area contributed by atoms with E-state index < -0.39 is 0 Å². The Balaban J connectivity index is 1.24. The zero-order valence-electron chi connectivity index (χ0n) is 30.6. The molecule has 258 valence electrons. The lowest BCUT2D eigenvalue weighted by Gasteiger charge is -2.42. The van der Waals surface area contributed by atoms with Gasteiger partial charge in [-0.3, -0.25) is 0 Å². The topological polar surface area (TPSA) is 34.5 Å². The summed E-state index contributed by atoms with van der Waals surface area (Å²) in [6.07, 6.45) is 0. The summed E-state index contributed by atoms with van der Waals surface area (Å²) in [7, 11) is 0. The molecule has 0 bridgehead atoms. The predicted octanol–water partition coefficient (Wildman–Crippen LogP) is 12.3. The van der Waals surface area contributed by atoms with E-state index in [1.54, 1.807) is 0 Å². The molecule has 5 heteroatoms. The normalized spacial score (nSPS) is 13.7. The molecule has 0 spiro atoms. The van der Waals surface area contributed by atoms with Crippen LogP contribution in [-0.4, -0.2) is 11.4 Å². The smallest absolute Gasteiger partial charge is 0.333 e. The van der Waals surface area contributed by atoms with E-state index in [1.807, 2.05) is 0 Å². The summed E-state index contributed by atoms with van der Waals surface area (Å²) in [5.41, 5.74) is 16.1. The number of hydrogen-bond acceptors (Lipinski definition) is 3. The van der Waals surface area contributed by atoms with E-state index in [4.69, 9.17) is 8.83 Å². The maximum atomic E-state index is 6.67. The number of furan rings is 2. The standard InChI is InChI=1S/C50H33BN2O2/c1-50(2,3)30-16-18-31(19-17-30)53-40-25-29-11-5-4-10-28(29)24-36(40)33-20-21-35-46-39(22-23-44-47(46)34-13-7-9-15-43(34)54-44)52-41-26-37-32-12-6-8-14-42(32)55-45(37)27-38(41)51(53)48(33)49(35)52/h4-27H,1-3H3. The van der Waals surface area contributed by atoms with Crippen molar-refractivity contribution in [2.45, 2.75) is 26.2 Å². The van der Waals surface area contributed by atoms with Gasteiger partial charge in [-0.1, -0.05) is 106 Å². The van der Waals surface area contributed by atoms with Crippen LogP contribution < -0.4 is 15.7 Å². The Hall–Kier alpha value is -6.72. The van der Waals surface area contributed by atoms with Gasteiger partial charge >= 0.3 is 6.85 Å². The van der Waals surface area contributed by atoms with Crippen LogP contribution in [0.3, 0.4) is 0 Å². The molecule has 5 heterocycles. The summed E-state index contributed by atoms with van der Waals surface area (Å²) in [6, 6.07) is 53.6. The molecule has 55 heavy (non-hydrogen) atoms. The number of benzene rings is 8. The minimum Gasteiger partial charge on any atom is -0.456 e. The van der Waals surface area contributed by atoms with E-state index in [9.17, 15) is 0 Å². The Morgan fingerprint density at radius 3 is 2.02 bits per heavy atom. The van der Waals surface area contributed by atoms with Crippen LogP contribution in [0.25, 0.3) is 93.3 Å². The maximum Gasteiger partial charge on any atom is 0.333 e. The van der Waals surface area contributed by atoms with Crippen molar-refractivity contribution in [1.29, 1.82) is 0 Å². The van der Waals surface area contributed by atoms with E-state index in [0.717, 1.165) is 38.5 Å². The Morgan fingerprint density at radius 2 is 1.22 bits per heavy atom. The van der Waals surface area contributed by atoms with Gasteiger partial charge in [-0.25, -0.2) is 0 Å². The highest BCUT2D eigenvalue weighted by atomic mass is 16.3. The van der Waals surface area contributed by atoms with Crippen LogP contribution >= 0.6 is 0 Å². The summed E-state index contributed by atoms with van der Waals surface area (Å²) in [5.74, 6) is 0. The number of para-hydroxylation sites is 2. The van der Waals surface area contributed by atoms with Crippen LogP contribution in [0.4, 0.5) is 11.4 Å². The zero-order valence-corrected chi connectivity index (χ0v) is 30.6. The van der Waals surface area contributed by atoms with Gasteiger partial charge in [0.2, 0.25) is 0 Å². The minimum absolute atomic E-state index is 0.0428. The monoisotopic (exact) mass is 704 g/mol. The second-order valence-electron chi connectivity index (χ2n) is 16.5. The van der Waals surface area contributed by atoms with Gasteiger partial charge in [0.15, 0.2) is 0 Å². The van der Waals surface area contributed by atoms with E-state index in [2.05, 4.69) is 176 Å². The lowest BCUT2D eigenvalue weighted by atomic mass is 9.44. The van der Waals surface area contributed by atoms with Gasteiger partial charge in [0.05, 0.1) is 11.0 Å². The molecule has 0 N–H and O–H groups in total. The van der Waals surface area contributed by atoms with Gasteiger partial charge in [0.1, 0.15) is 22.3 Å². The lowest BCUT2D eigenvalue weighted by molar-refractivity contribution is 0.590. The van der Waals surface area contributed by atoms with Crippen molar-refractivity contribution in [3.8, 4) is 16.8 Å². The first-order chi connectivity index (χ1) is 26.9. The van der Waals surface area contributed by atoms with E-state index in [-0.39, 0.29) is 12.3 Å². The molecule has 0 unspecified atom stereocenters. The number of fused-ring (bicyclic) bond motifs is 16. The number of rotatable bonds is 1. The summed E-state index contributed by atoms with van der Waals surface area (Å²) in [5, 5.41) is 9.51. The summed E-state index contributed by atoms with van der Waals surface area (Å²) in [4.78, 5) is 2.60. The van der Waals surface area contributed by atoms with Gasteiger partial charge in [0, 0.05) is 54.9 Å². The molecule has 8 aromatic carbocycles. The summed E-state index contributed by atoms with van der Waals surface area (Å²) < 4.78 is 15.7. The maximum absolute atomic E-state index is 6.67. The van der Waals surface area contributed by atoms with Gasteiger partial charge in [-0.2, -0.15) is 0 Å². The SMILES string of the molecule is CC(C)(C)c1ccc(N2B3c4cc5oc6ccccc6c5cc4-n4c5ccc6oc7ccccc7c6c5c5ccc(c3c54)-c3cc4ccccc4cc32)cc1. The molecule has 13 rings (SSSR count). The van der Waals surface area contributed by atoms with Crippen molar-refractivity contribution in [3.63, 3.8) is 0 Å². The van der Waals surface area contributed by atoms with Crippen molar-refractivity contribution >= 4 is 106 Å². The van der Waals surface area contributed by atoms with Crippen molar-refractivity contribution in [1.82, 2.24) is 4.57 Å². The van der Waals surface area contributed by atoms with E-state index in [1.165, 1.54) is 82.6 Å². The largest absolute Gasteiger partial charge is 0.456 e. The highest BCUT2D eigenvalue weighted by Gasteiger charge is 2.44. The first kappa shape index (κ1) is 29.7. The van der Waals surface area contributed by atoms with Gasteiger partial charge in [-0.05, 0) is 98.9 Å². The molecular formula is C50H33BN2O2. The molecule has 0 fully saturated rings. The third-order valence-corrected chi connectivity index (χ3v) is 12.5. The second-order valence-corrected chi connectivity index (χ2v) is 16.5. The molecule has 4 nitrogen and oxygen atoms in total. The second kappa shape index (κ2) is 10.1. The lowest BCUT2D eigenvalue weighted by Crippen LogP contribution is -2.60. The third kappa shape index (κ3) is 3.77. The molecular weight excluding hydrogens is 671 g/mol. The van der Waals surface area contributed by atoms with Crippen LogP contribution in [0.5, 0.6) is 0 Å². The first-order valence-corrected chi connectivity index (χ1v) is 19.2. The number of nitrogens with zero attached hydrogens (tertiary/aromatic N) is 2. The Kier molecular flexibility index (Phi) is 5.44. The fourth-order valence-corrected chi connectivity index (χ4v) is 10.0. The molecule has 0 amide bonds. The van der Waals surface area contributed by atoms with Crippen molar-refractivity contribution < 1.29 is 8.83 Å². The predicted molar refractivity (Wildman–Crippen MR) is 231 cm³/mol. The molecule has 2 aliphatic rings. The quantitative estimate of drug-likeness (QED) is 0.160. The summed E-state index contributed by atoms with van der Waals surface area (Å²) >= 11 is 0. The number of anilines is 2. The zero-order chi connectivity index (χ0) is 36.3. The third-order valence-electron chi connectivity index (χ3n) is 12.5. The first-order valence-electron chi connectivity index (χ1n) is 19.2. The van der Waals surface area contributed by atoms with Crippen LogP contribution in [0, 0.1) is 0 Å². The average Bonchev–Trinajstić information content (AvgIpc) is 3.88. The highest BCUT2D eigenvalue weighted by Crippen LogP contribution is 2.49. The minimum atomic E-state index is -0.117. The van der Waals surface area contributed by atoms with Crippen LogP contribution in [0.2, 0.25) is 0 Å². The molecule has 11 aromatic rings. The molecule has 0 saturated carbocycles. The van der Waals surface area contributed by atoms with Gasteiger partial charge < -0.3 is 18.2 Å². The molecule has 0 atom stereocenters. The Labute approximate surface area is 316 Å². The molecule has 0 saturated heterocycles.